The Morgan fingerprint density at radius 1 is 1.22 bits per heavy atom. The summed E-state index contributed by atoms with van der Waals surface area (Å²) < 4.78 is 10.5. The molecule has 0 saturated carbocycles. The number of aromatic nitrogens is 1. The van der Waals surface area contributed by atoms with Crippen LogP contribution in [0, 0.1) is 0 Å². The number of ether oxygens (including phenoxy) is 2. The molecule has 23 heavy (non-hydrogen) atoms. The first-order valence-electron chi connectivity index (χ1n) is 7.25. The monoisotopic (exact) mass is 323 g/mol. The lowest BCUT2D eigenvalue weighted by Crippen LogP contribution is -2.34. The number of hydrogen-bond donors (Lipinski definition) is 0. The number of amides is 2. The molecule has 128 valence electrons. The van der Waals surface area contributed by atoms with E-state index in [-0.39, 0.29) is 12.3 Å². The van der Waals surface area contributed by atoms with Crippen LogP contribution >= 0.6 is 0 Å². The number of carbonyl (C=O) groups is 2. The smallest absolute Gasteiger partial charge is 0.414 e. The number of carbonyl (C=O) groups excluding carboxylic acids is 2. The third-order valence-electron chi connectivity index (χ3n) is 3.00. The molecule has 0 aliphatic rings. The fourth-order valence-electron chi connectivity index (χ4n) is 1.74. The van der Waals surface area contributed by atoms with Gasteiger partial charge in [0.1, 0.15) is 5.60 Å². The molecule has 0 aliphatic heterocycles. The van der Waals surface area contributed by atoms with Crippen molar-refractivity contribution in [3.05, 3.63) is 17.8 Å². The van der Waals surface area contributed by atoms with Gasteiger partial charge in [0.2, 0.25) is 11.8 Å². The maximum absolute atomic E-state index is 12.1. The van der Waals surface area contributed by atoms with E-state index >= 15 is 0 Å². The standard InChI is InChI=1S/C16H25N3O4/c1-16(2,3)23-15(21)19(6)12-8-11(9-13(20)18(4)5)14(22-7)17-10-12/h8,10H,9H2,1-7H3. The highest BCUT2D eigenvalue weighted by Gasteiger charge is 2.22. The molecule has 0 aliphatic carbocycles. The van der Waals surface area contributed by atoms with Gasteiger partial charge >= 0.3 is 6.09 Å². The van der Waals surface area contributed by atoms with Gasteiger partial charge in [-0.1, -0.05) is 0 Å². The van der Waals surface area contributed by atoms with Gasteiger partial charge in [0, 0.05) is 26.7 Å². The summed E-state index contributed by atoms with van der Waals surface area (Å²) >= 11 is 0. The summed E-state index contributed by atoms with van der Waals surface area (Å²) in [4.78, 5) is 31.1. The second-order valence-corrected chi connectivity index (χ2v) is 6.37. The molecule has 0 unspecified atom stereocenters. The molecule has 1 aromatic heterocycles. The first-order valence-corrected chi connectivity index (χ1v) is 7.25. The van der Waals surface area contributed by atoms with Crippen molar-refractivity contribution in [3.8, 4) is 5.88 Å². The van der Waals surface area contributed by atoms with Crippen LogP contribution in [-0.2, 0) is 16.0 Å². The predicted octanol–water partition coefficient (Wildman–Crippen LogP) is 2.09. The van der Waals surface area contributed by atoms with Crippen LogP contribution in [0.2, 0.25) is 0 Å². The Labute approximate surface area is 137 Å². The Bertz CT molecular complexity index is 579. The Morgan fingerprint density at radius 3 is 2.30 bits per heavy atom. The van der Waals surface area contributed by atoms with E-state index in [1.165, 1.54) is 23.1 Å². The third-order valence-corrected chi connectivity index (χ3v) is 3.00. The summed E-state index contributed by atoms with van der Waals surface area (Å²) in [5.74, 6) is 0.281. The summed E-state index contributed by atoms with van der Waals surface area (Å²) in [5, 5.41) is 0. The molecule has 0 fully saturated rings. The zero-order chi connectivity index (χ0) is 17.8. The van der Waals surface area contributed by atoms with Gasteiger partial charge in [0.25, 0.3) is 0 Å². The van der Waals surface area contributed by atoms with E-state index in [1.54, 1.807) is 48.0 Å². The number of nitrogens with zero attached hydrogens (tertiary/aromatic N) is 3. The van der Waals surface area contributed by atoms with Crippen LogP contribution < -0.4 is 9.64 Å². The van der Waals surface area contributed by atoms with Crippen molar-refractivity contribution in [2.24, 2.45) is 0 Å². The highest BCUT2D eigenvalue weighted by atomic mass is 16.6. The van der Waals surface area contributed by atoms with E-state index in [0.717, 1.165) is 0 Å². The van der Waals surface area contributed by atoms with Crippen molar-refractivity contribution in [2.45, 2.75) is 32.8 Å². The van der Waals surface area contributed by atoms with Crippen molar-refractivity contribution in [1.29, 1.82) is 0 Å². The number of likely N-dealkylation sites (N-methyl/N-ethyl adjacent to an activating group) is 1. The molecule has 0 saturated heterocycles. The SMILES string of the molecule is COc1ncc(N(C)C(=O)OC(C)(C)C)cc1CC(=O)N(C)C. The molecule has 2 amide bonds. The summed E-state index contributed by atoms with van der Waals surface area (Å²) in [7, 11) is 6.44. The second kappa shape index (κ2) is 7.30. The number of pyridine rings is 1. The molecule has 0 N–H and O–H groups in total. The van der Waals surface area contributed by atoms with Crippen LogP contribution in [-0.4, -0.2) is 55.7 Å². The third kappa shape index (κ3) is 5.43. The van der Waals surface area contributed by atoms with Gasteiger partial charge in [-0.3, -0.25) is 9.69 Å². The molecular weight excluding hydrogens is 298 g/mol. The average Bonchev–Trinajstić information content (AvgIpc) is 2.44. The second-order valence-electron chi connectivity index (χ2n) is 6.37. The van der Waals surface area contributed by atoms with Gasteiger partial charge in [-0.05, 0) is 26.8 Å². The van der Waals surface area contributed by atoms with Crippen LogP contribution in [0.15, 0.2) is 12.3 Å². The number of rotatable bonds is 4. The Hall–Kier alpha value is -2.31. The van der Waals surface area contributed by atoms with Crippen LogP contribution in [0.5, 0.6) is 5.88 Å². The first-order chi connectivity index (χ1) is 10.5. The lowest BCUT2D eigenvalue weighted by atomic mass is 10.1. The van der Waals surface area contributed by atoms with Gasteiger partial charge in [0.05, 0.1) is 25.4 Å². The maximum Gasteiger partial charge on any atom is 0.414 e. The summed E-state index contributed by atoms with van der Waals surface area (Å²) in [6, 6.07) is 1.71. The topological polar surface area (TPSA) is 72.0 Å². The highest BCUT2D eigenvalue weighted by molar-refractivity contribution is 5.87. The zero-order valence-electron chi connectivity index (χ0n) is 14.8. The van der Waals surface area contributed by atoms with Crippen LogP contribution in [0.25, 0.3) is 0 Å². The minimum Gasteiger partial charge on any atom is -0.481 e. The molecule has 7 nitrogen and oxygen atoms in total. The van der Waals surface area contributed by atoms with E-state index in [1.807, 2.05) is 0 Å². The van der Waals surface area contributed by atoms with Crippen molar-refractivity contribution >= 4 is 17.7 Å². The first kappa shape index (κ1) is 18.7. The predicted molar refractivity (Wildman–Crippen MR) is 87.8 cm³/mol. The van der Waals surface area contributed by atoms with Crippen LogP contribution in [0.3, 0.4) is 0 Å². The van der Waals surface area contributed by atoms with Crippen molar-refractivity contribution in [1.82, 2.24) is 9.88 Å². The molecule has 1 heterocycles. The zero-order valence-corrected chi connectivity index (χ0v) is 14.8. The minimum absolute atomic E-state index is 0.0813. The lowest BCUT2D eigenvalue weighted by molar-refractivity contribution is -0.128. The van der Waals surface area contributed by atoms with Crippen molar-refractivity contribution in [2.75, 3.05) is 33.2 Å². The molecular formula is C16H25N3O4. The van der Waals surface area contributed by atoms with E-state index in [2.05, 4.69) is 4.98 Å². The molecule has 1 rings (SSSR count). The Morgan fingerprint density at radius 2 is 1.83 bits per heavy atom. The minimum atomic E-state index is -0.588. The normalized spacial score (nSPS) is 10.9. The van der Waals surface area contributed by atoms with E-state index in [9.17, 15) is 9.59 Å². The fourth-order valence-corrected chi connectivity index (χ4v) is 1.74. The largest absolute Gasteiger partial charge is 0.481 e. The van der Waals surface area contributed by atoms with Crippen molar-refractivity contribution in [3.63, 3.8) is 0 Å². The molecule has 0 bridgehead atoms. The van der Waals surface area contributed by atoms with E-state index in [4.69, 9.17) is 9.47 Å². The number of anilines is 1. The summed E-state index contributed by atoms with van der Waals surface area (Å²) in [5.41, 5.74) is 0.551. The molecule has 0 spiro atoms. The van der Waals surface area contributed by atoms with E-state index in [0.29, 0.717) is 17.1 Å². The molecule has 0 radical (unpaired) electrons. The Balaban J connectivity index is 3.04. The maximum atomic E-state index is 12.1. The Kier molecular flexibility index (Phi) is 5.95. The lowest BCUT2D eigenvalue weighted by Gasteiger charge is -2.25. The molecule has 0 atom stereocenters. The number of methoxy groups -OCH3 is 1. The molecule has 1 aromatic rings. The molecule has 7 heteroatoms. The quantitative estimate of drug-likeness (QED) is 0.848. The molecule has 0 aromatic carbocycles. The van der Waals surface area contributed by atoms with Gasteiger partial charge in [-0.25, -0.2) is 9.78 Å². The van der Waals surface area contributed by atoms with E-state index < -0.39 is 11.7 Å². The van der Waals surface area contributed by atoms with Gasteiger partial charge in [-0.2, -0.15) is 0 Å². The van der Waals surface area contributed by atoms with Gasteiger partial charge in [0.15, 0.2) is 0 Å². The summed E-state index contributed by atoms with van der Waals surface area (Å²) in [6.45, 7) is 5.39. The highest BCUT2D eigenvalue weighted by Crippen LogP contribution is 2.23. The fraction of sp³-hybridized carbons (Fsp3) is 0.562. The van der Waals surface area contributed by atoms with Gasteiger partial charge < -0.3 is 14.4 Å². The van der Waals surface area contributed by atoms with Crippen molar-refractivity contribution < 1.29 is 19.1 Å². The van der Waals surface area contributed by atoms with Gasteiger partial charge in [-0.15, -0.1) is 0 Å². The number of hydrogen-bond acceptors (Lipinski definition) is 5. The average molecular weight is 323 g/mol. The van der Waals surface area contributed by atoms with Crippen LogP contribution in [0.1, 0.15) is 26.3 Å². The van der Waals surface area contributed by atoms with Crippen LogP contribution in [0.4, 0.5) is 10.5 Å². The summed E-state index contributed by atoms with van der Waals surface area (Å²) in [6.07, 6.45) is 1.15.